The molecule has 0 fully saturated rings. The zero-order chi connectivity index (χ0) is 22.2. The summed E-state index contributed by atoms with van der Waals surface area (Å²) in [5.41, 5.74) is 2.86. The van der Waals surface area contributed by atoms with Gasteiger partial charge in [0.05, 0.1) is 10.9 Å². The molecule has 3 unspecified atom stereocenters. The molecule has 0 saturated carbocycles. The lowest BCUT2D eigenvalue weighted by molar-refractivity contribution is 0.409. The van der Waals surface area contributed by atoms with Crippen LogP contribution in [0.4, 0.5) is 5.69 Å². The van der Waals surface area contributed by atoms with E-state index in [-0.39, 0.29) is 17.9 Å². The van der Waals surface area contributed by atoms with Crippen molar-refractivity contribution in [2.24, 2.45) is 5.92 Å². The molecule has 1 N–H and O–H groups in total. The number of allylic oxidation sites excluding steroid dienone is 2. The van der Waals surface area contributed by atoms with Crippen LogP contribution in [-0.4, -0.2) is 25.8 Å². The highest BCUT2D eigenvalue weighted by molar-refractivity contribution is 7.89. The van der Waals surface area contributed by atoms with Crippen molar-refractivity contribution in [3.05, 3.63) is 69.7 Å². The first-order valence-electron chi connectivity index (χ1n) is 10.9. The van der Waals surface area contributed by atoms with Gasteiger partial charge >= 0.3 is 0 Å². The normalized spacial score (nSPS) is 22.3. The fourth-order valence-corrected chi connectivity index (χ4v) is 7.12. The summed E-state index contributed by atoms with van der Waals surface area (Å²) in [4.78, 5) is 0.364. The van der Waals surface area contributed by atoms with Gasteiger partial charge in [0.1, 0.15) is 0 Å². The number of benzene rings is 2. The Morgan fingerprint density at radius 1 is 1.06 bits per heavy atom. The van der Waals surface area contributed by atoms with Crippen LogP contribution in [0, 0.1) is 5.92 Å². The third kappa shape index (κ3) is 4.13. The maximum absolute atomic E-state index is 13.3. The molecule has 7 heteroatoms. The summed E-state index contributed by atoms with van der Waals surface area (Å²) in [6, 6.07) is 11.0. The Bertz CT molecular complexity index is 1070. The molecular formula is C24H28Cl2N2O2S. The first kappa shape index (κ1) is 22.7. The van der Waals surface area contributed by atoms with E-state index < -0.39 is 10.0 Å². The highest BCUT2D eigenvalue weighted by Gasteiger charge is 2.40. The Labute approximate surface area is 195 Å². The number of nitrogens with one attached hydrogen (secondary N) is 1. The number of rotatable bonds is 7. The molecule has 31 heavy (non-hydrogen) atoms. The lowest BCUT2D eigenvalue weighted by atomic mass is 9.77. The highest BCUT2D eigenvalue weighted by atomic mass is 35.5. The first-order chi connectivity index (χ1) is 14.9. The molecule has 1 heterocycles. The molecule has 0 bridgehead atoms. The lowest BCUT2D eigenvalue weighted by Crippen LogP contribution is -2.33. The van der Waals surface area contributed by atoms with E-state index in [4.69, 9.17) is 23.2 Å². The lowest BCUT2D eigenvalue weighted by Gasteiger charge is -2.38. The van der Waals surface area contributed by atoms with Crippen molar-refractivity contribution < 1.29 is 8.42 Å². The van der Waals surface area contributed by atoms with Crippen LogP contribution in [0.1, 0.15) is 56.2 Å². The number of fused-ring (bicyclic) bond motifs is 3. The van der Waals surface area contributed by atoms with Crippen LogP contribution in [0.15, 0.2) is 53.4 Å². The molecule has 0 aromatic heterocycles. The third-order valence-corrected chi connectivity index (χ3v) is 8.78. The third-order valence-electron chi connectivity index (χ3n) is 6.23. The second kappa shape index (κ2) is 9.14. The minimum atomic E-state index is -3.53. The fourth-order valence-electron chi connectivity index (χ4n) is 4.83. The molecule has 0 saturated heterocycles. The second-order valence-electron chi connectivity index (χ2n) is 8.26. The van der Waals surface area contributed by atoms with Gasteiger partial charge < -0.3 is 5.32 Å². The standard InChI is InChI=1S/C24H28Cl2N2O2S/c1-3-13-28(14-4-2)31(29,30)16-11-12-22-19(15-16)17-7-5-8-18(17)24(27-22)23-20(25)9-6-10-21(23)26/h5-7,9-12,15,17-18,24,27H,3-4,8,13-14H2,1-2H3. The van der Waals surface area contributed by atoms with Crippen molar-refractivity contribution in [1.29, 1.82) is 0 Å². The van der Waals surface area contributed by atoms with Crippen LogP contribution in [0.3, 0.4) is 0 Å². The van der Waals surface area contributed by atoms with Crippen molar-refractivity contribution in [2.45, 2.75) is 50.0 Å². The van der Waals surface area contributed by atoms with E-state index >= 15 is 0 Å². The van der Waals surface area contributed by atoms with Crippen LogP contribution in [0.5, 0.6) is 0 Å². The monoisotopic (exact) mass is 478 g/mol. The van der Waals surface area contributed by atoms with Gasteiger partial charge in [0, 0.05) is 40.3 Å². The van der Waals surface area contributed by atoms with Gasteiger partial charge in [-0.2, -0.15) is 4.31 Å². The Balaban J connectivity index is 1.75. The van der Waals surface area contributed by atoms with Crippen molar-refractivity contribution in [2.75, 3.05) is 18.4 Å². The van der Waals surface area contributed by atoms with Gasteiger partial charge in [0.15, 0.2) is 0 Å². The van der Waals surface area contributed by atoms with E-state index in [0.717, 1.165) is 36.1 Å². The molecule has 1 aliphatic carbocycles. The minimum Gasteiger partial charge on any atom is -0.378 e. The predicted molar refractivity (Wildman–Crippen MR) is 129 cm³/mol. The van der Waals surface area contributed by atoms with Crippen molar-refractivity contribution >= 4 is 38.9 Å². The Kier molecular flexibility index (Phi) is 6.68. The van der Waals surface area contributed by atoms with E-state index in [0.29, 0.717) is 28.0 Å². The summed E-state index contributed by atoms with van der Waals surface area (Å²) in [5.74, 6) is 0.347. The van der Waals surface area contributed by atoms with Gasteiger partial charge in [-0.3, -0.25) is 0 Å². The summed E-state index contributed by atoms with van der Waals surface area (Å²) in [7, 11) is -3.53. The van der Waals surface area contributed by atoms with Crippen molar-refractivity contribution in [1.82, 2.24) is 4.31 Å². The number of hydrogen-bond donors (Lipinski definition) is 1. The quantitative estimate of drug-likeness (QED) is 0.454. The predicted octanol–water partition coefficient (Wildman–Crippen LogP) is 6.63. The van der Waals surface area contributed by atoms with E-state index in [1.165, 1.54) is 0 Å². The largest absolute Gasteiger partial charge is 0.378 e. The van der Waals surface area contributed by atoms with Crippen molar-refractivity contribution in [3.63, 3.8) is 0 Å². The van der Waals surface area contributed by atoms with Gasteiger partial charge in [0.2, 0.25) is 10.0 Å². The van der Waals surface area contributed by atoms with Gasteiger partial charge in [-0.1, -0.05) is 55.3 Å². The smallest absolute Gasteiger partial charge is 0.243 e. The highest BCUT2D eigenvalue weighted by Crippen LogP contribution is 2.52. The van der Waals surface area contributed by atoms with Gasteiger partial charge in [-0.15, -0.1) is 0 Å². The molecule has 166 valence electrons. The van der Waals surface area contributed by atoms with Gasteiger partial charge in [-0.25, -0.2) is 8.42 Å². The molecule has 4 nitrogen and oxygen atoms in total. The number of anilines is 1. The van der Waals surface area contributed by atoms with E-state index in [9.17, 15) is 8.42 Å². The van der Waals surface area contributed by atoms with Gasteiger partial charge in [-0.05, 0) is 61.1 Å². The number of hydrogen-bond acceptors (Lipinski definition) is 3. The summed E-state index contributed by atoms with van der Waals surface area (Å²) < 4.78 is 28.2. The molecule has 0 spiro atoms. The topological polar surface area (TPSA) is 49.4 Å². The van der Waals surface area contributed by atoms with Crippen LogP contribution in [0.2, 0.25) is 10.0 Å². The summed E-state index contributed by atoms with van der Waals surface area (Å²) in [6.07, 6.45) is 6.83. The minimum absolute atomic E-state index is 0.0344. The molecule has 4 rings (SSSR count). The van der Waals surface area contributed by atoms with Crippen LogP contribution >= 0.6 is 23.2 Å². The molecule has 0 radical (unpaired) electrons. The second-order valence-corrected chi connectivity index (χ2v) is 11.0. The zero-order valence-corrected chi connectivity index (χ0v) is 20.1. The number of sulfonamides is 1. The van der Waals surface area contributed by atoms with Gasteiger partial charge in [0.25, 0.3) is 0 Å². The maximum Gasteiger partial charge on any atom is 0.243 e. The Hall–Kier alpha value is -1.53. The molecular weight excluding hydrogens is 451 g/mol. The number of nitrogens with zero attached hydrogens (tertiary/aromatic N) is 1. The maximum atomic E-state index is 13.3. The molecule has 0 amide bonds. The molecule has 2 aromatic carbocycles. The van der Waals surface area contributed by atoms with Crippen LogP contribution in [-0.2, 0) is 10.0 Å². The zero-order valence-electron chi connectivity index (χ0n) is 17.8. The first-order valence-corrected chi connectivity index (χ1v) is 13.1. The SMILES string of the molecule is CCCN(CCC)S(=O)(=O)c1ccc2c(c1)C1C=CCC1C(c1c(Cl)cccc1Cl)N2. The van der Waals surface area contributed by atoms with Crippen LogP contribution < -0.4 is 5.32 Å². The van der Waals surface area contributed by atoms with E-state index in [1.54, 1.807) is 10.4 Å². The number of halogens is 2. The Morgan fingerprint density at radius 2 is 1.74 bits per heavy atom. The summed E-state index contributed by atoms with van der Waals surface area (Å²) in [5, 5.41) is 4.90. The summed E-state index contributed by atoms with van der Waals surface area (Å²) in [6.45, 7) is 5.07. The summed E-state index contributed by atoms with van der Waals surface area (Å²) >= 11 is 13.1. The Morgan fingerprint density at radius 3 is 2.39 bits per heavy atom. The molecule has 2 aromatic rings. The average Bonchev–Trinajstić information content (AvgIpc) is 3.23. The fraction of sp³-hybridized carbons (Fsp3) is 0.417. The molecule has 2 aliphatic rings. The van der Waals surface area contributed by atoms with Crippen LogP contribution in [0.25, 0.3) is 0 Å². The van der Waals surface area contributed by atoms with E-state index in [2.05, 4.69) is 17.5 Å². The molecule has 3 atom stereocenters. The molecule has 1 aliphatic heterocycles. The van der Waals surface area contributed by atoms with E-state index in [1.807, 2.05) is 44.2 Å². The van der Waals surface area contributed by atoms with Crippen molar-refractivity contribution in [3.8, 4) is 0 Å². The average molecular weight is 479 g/mol.